The van der Waals surface area contributed by atoms with Crippen molar-refractivity contribution in [2.24, 2.45) is 0 Å². The van der Waals surface area contributed by atoms with Crippen LogP contribution in [0.1, 0.15) is 5.56 Å². The van der Waals surface area contributed by atoms with E-state index in [0.717, 1.165) is 5.56 Å². The molecule has 120 valence electrons. The van der Waals surface area contributed by atoms with Crippen LogP contribution in [-0.2, 0) is 14.8 Å². The minimum Gasteiger partial charge on any atom is -0.482 e. The van der Waals surface area contributed by atoms with Crippen LogP contribution in [0.3, 0.4) is 0 Å². The van der Waals surface area contributed by atoms with Gasteiger partial charge in [-0.15, -0.1) is 0 Å². The van der Waals surface area contributed by atoms with Gasteiger partial charge in [0.25, 0.3) is 15.9 Å². The molecular weight excluding hydrogens is 316 g/mol. The third-order valence-corrected chi connectivity index (χ3v) is 4.98. The van der Waals surface area contributed by atoms with Crippen LogP contribution in [0.5, 0.6) is 5.75 Å². The number of nitrogens with one attached hydrogen (secondary N) is 1. The number of amides is 1. The first kappa shape index (κ1) is 15.4. The van der Waals surface area contributed by atoms with E-state index in [1.807, 2.05) is 13.0 Å². The maximum Gasteiger partial charge on any atom is 0.264 e. The number of likely N-dealkylation sites (N-methyl/N-ethyl adjacent to an activating group) is 1. The molecular formula is C16H16N2O4S. The van der Waals surface area contributed by atoms with Crippen molar-refractivity contribution in [2.75, 3.05) is 23.3 Å². The fourth-order valence-corrected chi connectivity index (χ4v) is 3.41. The summed E-state index contributed by atoms with van der Waals surface area (Å²) in [7, 11) is -2.16. The first-order valence-electron chi connectivity index (χ1n) is 7.00. The average Bonchev–Trinajstić information content (AvgIpc) is 2.50. The van der Waals surface area contributed by atoms with E-state index in [4.69, 9.17) is 4.74 Å². The maximum absolute atomic E-state index is 12.5. The molecule has 0 fully saturated rings. The molecule has 0 aliphatic carbocycles. The summed E-state index contributed by atoms with van der Waals surface area (Å²) in [6.45, 7) is 1.84. The van der Waals surface area contributed by atoms with Gasteiger partial charge in [-0.05, 0) is 42.8 Å². The Morgan fingerprint density at radius 3 is 2.70 bits per heavy atom. The molecule has 0 saturated heterocycles. The highest BCUT2D eigenvalue weighted by Gasteiger charge is 2.25. The molecule has 2 aromatic carbocycles. The molecule has 0 saturated carbocycles. The Morgan fingerprint density at radius 2 is 1.96 bits per heavy atom. The van der Waals surface area contributed by atoms with Gasteiger partial charge in [-0.25, -0.2) is 8.42 Å². The number of rotatable bonds is 3. The third kappa shape index (κ3) is 3.00. The second-order valence-corrected chi connectivity index (χ2v) is 7.03. The number of carbonyl (C=O) groups excluding carboxylic acids is 1. The summed E-state index contributed by atoms with van der Waals surface area (Å²) in [6, 6.07) is 11.5. The normalized spacial score (nSPS) is 14.2. The topological polar surface area (TPSA) is 75.7 Å². The average molecular weight is 332 g/mol. The Labute approximate surface area is 134 Å². The predicted octanol–water partition coefficient (Wildman–Crippen LogP) is 2.15. The van der Waals surface area contributed by atoms with Crippen LogP contribution in [0.4, 0.5) is 11.4 Å². The smallest absolute Gasteiger partial charge is 0.264 e. The van der Waals surface area contributed by atoms with E-state index >= 15 is 0 Å². The van der Waals surface area contributed by atoms with Crippen molar-refractivity contribution in [1.82, 2.24) is 0 Å². The van der Waals surface area contributed by atoms with Gasteiger partial charge in [0.2, 0.25) is 0 Å². The van der Waals surface area contributed by atoms with E-state index in [0.29, 0.717) is 17.1 Å². The molecule has 23 heavy (non-hydrogen) atoms. The minimum absolute atomic E-state index is 0.0445. The Morgan fingerprint density at radius 1 is 1.17 bits per heavy atom. The SMILES string of the molecule is Cc1cccc(NS(=O)(=O)c2ccc3c(c2)N(C)C(=O)CO3)c1. The van der Waals surface area contributed by atoms with Gasteiger partial charge in [0.15, 0.2) is 6.61 Å². The van der Waals surface area contributed by atoms with Gasteiger partial charge in [0, 0.05) is 12.7 Å². The Bertz CT molecular complexity index is 877. The fraction of sp³-hybridized carbons (Fsp3) is 0.188. The standard InChI is InChI=1S/C16H16N2O4S/c1-11-4-3-5-12(8-11)17-23(20,21)13-6-7-15-14(9-13)18(2)16(19)10-22-15/h3-9,17H,10H2,1-2H3. The van der Waals surface area contributed by atoms with Crippen LogP contribution in [0, 0.1) is 6.92 Å². The molecule has 2 aromatic rings. The van der Waals surface area contributed by atoms with Gasteiger partial charge in [-0.3, -0.25) is 9.52 Å². The molecule has 1 N–H and O–H groups in total. The number of carbonyl (C=O) groups is 1. The number of nitrogens with zero attached hydrogens (tertiary/aromatic N) is 1. The molecule has 1 aliphatic heterocycles. The molecule has 3 rings (SSSR count). The summed E-state index contributed by atoms with van der Waals surface area (Å²) >= 11 is 0. The van der Waals surface area contributed by atoms with Gasteiger partial charge in [0.05, 0.1) is 10.6 Å². The number of ether oxygens (including phenoxy) is 1. The highest BCUT2D eigenvalue weighted by atomic mass is 32.2. The summed E-state index contributed by atoms with van der Waals surface area (Å²) in [5.41, 5.74) is 1.88. The lowest BCUT2D eigenvalue weighted by atomic mass is 10.2. The minimum atomic E-state index is -3.75. The van der Waals surface area contributed by atoms with Gasteiger partial charge >= 0.3 is 0 Å². The summed E-state index contributed by atoms with van der Waals surface area (Å²) in [6.07, 6.45) is 0. The Kier molecular flexibility index (Phi) is 3.73. The molecule has 0 radical (unpaired) electrons. The van der Waals surface area contributed by atoms with E-state index in [1.54, 1.807) is 31.3 Å². The Balaban J connectivity index is 1.96. The number of fused-ring (bicyclic) bond motifs is 1. The van der Waals surface area contributed by atoms with E-state index in [1.165, 1.54) is 17.0 Å². The summed E-state index contributed by atoms with van der Waals surface area (Å²) in [5.74, 6) is 0.264. The number of benzene rings is 2. The summed E-state index contributed by atoms with van der Waals surface area (Å²) in [4.78, 5) is 13.1. The zero-order valence-corrected chi connectivity index (χ0v) is 13.6. The van der Waals surface area contributed by atoms with Gasteiger partial charge in [0.1, 0.15) is 5.75 Å². The van der Waals surface area contributed by atoms with Crippen molar-refractivity contribution in [3.8, 4) is 5.75 Å². The van der Waals surface area contributed by atoms with E-state index in [2.05, 4.69) is 4.72 Å². The van der Waals surface area contributed by atoms with Crippen LogP contribution in [0.2, 0.25) is 0 Å². The first-order valence-corrected chi connectivity index (χ1v) is 8.48. The lowest BCUT2D eigenvalue weighted by Crippen LogP contribution is -2.35. The largest absolute Gasteiger partial charge is 0.482 e. The summed E-state index contributed by atoms with van der Waals surface area (Å²) in [5, 5.41) is 0. The molecule has 7 heteroatoms. The number of aryl methyl sites for hydroxylation is 1. The lowest BCUT2D eigenvalue weighted by Gasteiger charge is -2.26. The quantitative estimate of drug-likeness (QED) is 0.934. The molecule has 1 aliphatic rings. The van der Waals surface area contributed by atoms with Crippen molar-refractivity contribution in [1.29, 1.82) is 0 Å². The molecule has 0 atom stereocenters. The molecule has 1 amide bonds. The van der Waals surface area contributed by atoms with Crippen LogP contribution in [0.15, 0.2) is 47.4 Å². The number of hydrogen-bond donors (Lipinski definition) is 1. The zero-order valence-electron chi connectivity index (χ0n) is 12.7. The number of sulfonamides is 1. The van der Waals surface area contributed by atoms with Crippen LogP contribution < -0.4 is 14.4 Å². The van der Waals surface area contributed by atoms with E-state index in [-0.39, 0.29) is 17.4 Å². The molecule has 6 nitrogen and oxygen atoms in total. The zero-order chi connectivity index (χ0) is 16.6. The maximum atomic E-state index is 12.5. The van der Waals surface area contributed by atoms with Crippen molar-refractivity contribution in [3.05, 3.63) is 48.0 Å². The lowest BCUT2D eigenvalue weighted by molar-refractivity contribution is -0.120. The van der Waals surface area contributed by atoms with Crippen molar-refractivity contribution in [2.45, 2.75) is 11.8 Å². The van der Waals surface area contributed by atoms with Gasteiger partial charge in [-0.1, -0.05) is 12.1 Å². The molecule has 0 spiro atoms. The molecule has 0 aromatic heterocycles. The van der Waals surface area contributed by atoms with Gasteiger partial charge < -0.3 is 9.64 Å². The second kappa shape index (κ2) is 5.58. The monoisotopic (exact) mass is 332 g/mol. The molecule has 0 unspecified atom stereocenters. The Hall–Kier alpha value is -2.54. The van der Waals surface area contributed by atoms with Gasteiger partial charge in [-0.2, -0.15) is 0 Å². The first-order chi connectivity index (χ1) is 10.9. The molecule has 1 heterocycles. The van der Waals surface area contributed by atoms with Crippen LogP contribution >= 0.6 is 0 Å². The summed E-state index contributed by atoms with van der Waals surface area (Å²) < 4.78 is 32.9. The third-order valence-electron chi connectivity index (χ3n) is 3.60. The number of anilines is 2. The molecule has 0 bridgehead atoms. The van der Waals surface area contributed by atoms with E-state index < -0.39 is 10.0 Å². The fourth-order valence-electron chi connectivity index (χ4n) is 2.34. The highest BCUT2D eigenvalue weighted by molar-refractivity contribution is 7.92. The number of hydrogen-bond acceptors (Lipinski definition) is 4. The highest BCUT2D eigenvalue weighted by Crippen LogP contribution is 2.33. The van der Waals surface area contributed by atoms with Crippen LogP contribution in [-0.4, -0.2) is 28.0 Å². The van der Waals surface area contributed by atoms with Crippen molar-refractivity contribution < 1.29 is 17.9 Å². The van der Waals surface area contributed by atoms with E-state index in [9.17, 15) is 13.2 Å². The predicted molar refractivity (Wildman–Crippen MR) is 87.3 cm³/mol. The van der Waals surface area contributed by atoms with Crippen molar-refractivity contribution >= 4 is 27.3 Å². The second-order valence-electron chi connectivity index (χ2n) is 5.35. The van der Waals surface area contributed by atoms with Crippen LogP contribution in [0.25, 0.3) is 0 Å². The van der Waals surface area contributed by atoms with Crippen molar-refractivity contribution in [3.63, 3.8) is 0 Å².